The van der Waals surface area contributed by atoms with Gasteiger partial charge in [0.25, 0.3) is 0 Å². The molecule has 0 amide bonds. The summed E-state index contributed by atoms with van der Waals surface area (Å²) in [7, 11) is -1.50. The van der Waals surface area contributed by atoms with Gasteiger partial charge in [0.15, 0.2) is 0 Å². The van der Waals surface area contributed by atoms with Crippen molar-refractivity contribution in [3.05, 3.63) is 0 Å². The molecule has 0 aromatic heterocycles. The zero-order valence-corrected chi connectivity index (χ0v) is 12.3. The molecule has 0 saturated carbocycles. The second-order valence-corrected chi connectivity index (χ2v) is 6.97. The van der Waals surface area contributed by atoms with E-state index in [1.54, 1.807) is 7.05 Å². The van der Waals surface area contributed by atoms with Crippen LogP contribution in [0, 0.1) is 0 Å². The van der Waals surface area contributed by atoms with E-state index in [0.717, 1.165) is 13.0 Å². The Balaban J connectivity index is 2.28. The molecule has 6 heteroatoms. The maximum Gasteiger partial charge on any atom is 0.213 e. The van der Waals surface area contributed by atoms with Crippen molar-refractivity contribution in [2.75, 3.05) is 39.1 Å². The number of ether oxygens (including phenoxy) is 1. The van der Waals surface area contributed by atoms with Crippen LogP contribution in [0.4, 0.5) is 0 Å². The van der Waals surface area contributed by atoms with E-state index in [4.69, 9.17) is 4.74 Å². The summed E-state index contributed by atoms with van der Waals surface area (Å²) in [6, 6.07) is 0.369. The van der Waals surface area contributed by atoms with Gasteiger partial charge in [0.2, 0.25) is 10.0 Å². The third-order valence-electron chi connectivity index (χ3n) is 3.37. The smallest absolute Gasteiger partial charge is 0.213 e. The van der Waals surface area contributed by atoms with Crippen molar-refractivity contribution in [3.8, 4) is 0 Å². The first-order valence-electron chi connectivity index (χ1n) is 6.81. The summed E-state index contributed by atoms with van der Waals surface area (Å²) >= 11 is 0. The average molecular weight is 278 g/mol. The molecule has 5 nitrogen and oxygen atoms in total. The number of nitrogens with zero attached hydrogens (tertiary/aromatic N) is 1. The fourth-order valence-corrected chi connectivity index (χ4v) is 3.34. The average Bonchev–Trinajstić information content (AvgIpc) is 2.38. The lowest BCUT2D eigenvalue weighted by Gasteiger charge is -2.24. The van der Waals surface area contributed by atoms with Gasteiger partial charge in [-0.2, -0.15) is 0 Å². The van der Waals surface area contributed by atoms with Crippen LogP contribution >= 0.6 is 0 Å². The number of rotatable bonds is 8. The number of nitrogens with one attached hydrogen (secondary N) is 1. The summed E-state index contributed by atoms with van der Waals surface area (Å²) in [5, 5.41) is 3.38. The van der Waals surface area contributed by atoms with Gasteiger partial charge in [0, 0.05) is 26.2 Å². The summed E-state index contributed by atoms with van der Waals surface area (Å²) in [6.07, 6.45) is 4.22. The Morgan fingerprint density at radius 1 is 1.39 bits per heavy atom. The molecule has 108 valence electrons. The van der Waals surface area contributed by atoms with Crippen molar-refractivity contribution in [3.63, 3.8) is 0 Å². The van der Waals surface area contributed by atoms with E-state index in [1.165, 1.54) is 17.1 Å². The van der Waals surface area contributed by atoms with E-state index in [-0.39, 0.29) is 5.75 Å². The van der Waals surface area contributed by atoms with Crippen molar-refractivity contribution >= 4 is 10.0 Å². The Morgan fingerprint density at radius 3 is 2.78 bits per heavy atom. The molecule has 1 aliphatic heterocycles. The molecule has 0 bridgehead atoms. The molecule has 1 saturated heterocycles. The molecule has 1 heterocycles. The lowest BCUT2D eigenvalue weighted by atomic mass is 10.0. The van der Waals surface area contributed by atoms with E-state index in [0.29, 0.717) is 32.2 Å². The van der Waals surface area contributed by atoms with Gasteiger partial charge in [-0.05, 0) is 32.7 Å². The van der Waals surface area contributed by atoms with Crippen LogP contribution in [-0.2, 0) is 14.8 Å². The second kappa shape index (κ2) is 8.09. The minimum absolute atomic E-state index is 0.229. The van der Waals surface area contributed by atoms with E-state index in [1.807, 2.05) is 6.92 Å². The zero-order valence-electron chi connectivity index (χ0n) is 11.5. The fourth-order valence-electron chi connectivity index (χ4n) is 2.09. The molecule has 0 aromatic rings. The highest BCUT2D eigenvalue weighted by Gasteiger charge is 2.20. The molecular weight excluding hydrogens is 252 g/mol. The number of hydrogen-bond donors (Lipinski definition) is 1. The topological polar surface area (TPSA) is 58.6 Å². The van der Waals surface area contributed by atoms with Crippen LogP contribution < -0.4 is 5.32 Å². The second-order valence-electron chi connectivity index (χ2n) is 4.77. The summed E-state index contributed by atoms with van der Waals surface area (Å²) in [6.45, 7) is 4.45. The van der Waals surface area contributed by atoms with Gasteiger partial charge in [-0.1, -0.05) is 6.42 Å². The van der Waals surface area contributed by atoms with Crippen LogP contribution in [0.2, 0.25) is 0 Å². The van der Waals surface area contributed by atoms with Crippen LogP contribution in [0.5, 0.6) is 0 Å². The van der Waals surface area contributed by atoms with Crippen molar-refractivity contribution in [1.82, 2.24) is 9.62 Å². The molecule has 0 radical (unpaired) electrons. The number of piperidine rings is 1. The molecule has 1 rings (SSSR count). The minimum atomic E-state index is -3.13. The van der Waals surface area contributed by atoms with Crippen molar-refractivity contribution in [1.29, 1.82) is 0 Å². The molecule has 0 aliphatic carbocycles. The first-order valence-corrected chi connectivity index (χ1v) is 8.42. The van der Waals surface area contributed by atoms with Crippen molar-refractivity contribution < 1.29 is 13.2 Å². The Bertz CT molecular complexity index is 313. The van der Waals surface area contributed by atoms with E-state index >= 15 is 0 Å². The SMILES string of the molecule is CCOCCN(C)S(=O)(=O)CCC1CCCCN1. The third kappa shape index (κ3) is 5.65. The summed E-state index contributed by atoms with van der Waals surface area (Å²) in [4.78, 5) is 0. The van der Waals surface area contributed by atoms with Gasteiger partial charge in [-0.25, -0.2) is 12.7 Å². The molecular formula is C12H26N2O3S. The lowest BCUT2D eigenvalue weighted by Crippen LogP contribution is -2.38. The highest BCUT2D eigenvalue weighted by atomic mass is 32.2. The predicted molar refractivity (Wildman–Crippen MR) is 73.2 cm³/mol. The van der Waals surface area contributed by atoms with E-state index in [9.17, 15) is 8.42 Å². The van der Waals surface area contributed by atoms with Gasteiger partial charge < -0.3 is 10.1 Å². The molecule has 1 N–H and O–H groups in total. The van der Waals surface area contributed by atoms with Crippen molar-refractivity contribution in [2.24, 2.45) is 0 Å². The summed E-state index contributed by atoms with van der Waals surface area (Å²) < 4.78 is 30.6. The fraction of sp³-hybridized carbons (Fsp3) is 1.00. The van der Waals surface area contributed by atoms with Gasteiger partial charge in [-0.3, -0.25) is 0 Å². The Morgan fingerprint density at radius 2 is 2.17 bits per heavy atom. The summed E-state index contributed by atoms with van der Waals surface area (Å²) in [5.74, 6) is 0.229. The molecule has 1 fully saturated rings. The van der Waals surface area contributed by atoms with Crippen LogP contribution in [-0.4, -0.2) is 57.9 Å². The molecule has 0 spiro atoms. The van der Waals surface area contributed by atoms with Crippen molar-refractivity contribution in [2.45, 2.75) is 38.6 Å². The first-order chi connectivity index (χ1) is 8.56. The maximum atomic E-state index is 12.0. The minimum Gasteiger partial charge on any atom is -0.380 e. The first kappa shape index (κ1) is 15.9. The molecule has 18 heavy (non-hydrogen) atoms. The van der Waals surface area contributed by atoms with Crippen LogP contribution in [0.25, 0.3) is 0 Å². The standard InChI is InChI=1S/C12H26N2O3S/c1-3-17-10-9-14(2)18(15,16)11-7-12-6-4-5-8-13-12/h12-13H,3-11H2,1-2H3. The zero-order chi connectivity index (χ0) is 13.4. The number of sulfonamides is 1. The van der Waals surface area contributed by atoms with Gasteiger partial charge in [0.05, 0.1) is 12.4 Å². The van der Waals surface area contributed by atoms with Gasteiger partial charge >= 0.3 is 0 Å². The van der Waals surface area contributed by atoms with Gasteiger partial charge in [0.1, 0.15) is 0 Å². The van der Waals surface area contributed by atoms with Crippen LogP contribution in [0.1, 0.15) is 32.6 Å². The van der Waals surface area contributed by atoms with Crippen LogP contribution in [0.15, 0.2) is 0 Å². The van der Waals surface area contributed by atoms with E-state index < -0.39 is 10.0 Å². The largest absolute Gasteiger partial charge is 0.380 e. The molecule has 1 aliphatic rings. The Hall–Kier alpha value is -0.170. The quantitative estimate of drug-likeness (QED) is 0.668. The number of likely N-dealkylation sites (N-methyl/N-ethyl adjacent to an activating group) is 1. The predicted octanol–water partition coefficient (Wildman–Crippen LogP) is 0.817. The maximum absolute atomic E-state index is 12.0. The highest BCUT2D eigenvalue weighted by molar-refractivity contribution is 7.89. The van der Waals surface area contributed by atoms with Gasteiger partial charge in [-0.15, -0.1) is 0 Å². The van der Waals surface area contributed by atoms with E-state index in [2.05, 4.69) is 5.32 Å². The third-order valence-corrected chi connectivity index (χ3v) is 5.25. The highest BCUT2D eigenvalue weighted by Crippen LogP contribution is 2.12. The normalized spacial score (nSPS) is 21.4. The monoisotopic (exact) mass is 278 g/mol. The molecule has 0 aromatic carbocycles. The Kier molecular flexibility index (Phi) is 7.14. The number of hydrogen-bond acceptors (Lipinski definition) is 4. The Labute approximate surface area is 111 Å². The lowest BCUT2D eigenvalue weighted by molar-refractivity contribution is 0.138. The molecule has 1 atom stereocenters. The summed E-state index contributed by atoms with van der Waals surface area (Å²) in [5.41, 5.74) is 0. The molecule has 1 unspecified atom stereocenters. The van der Waals surface area contributed by atoms with Crippen LogP contribution in [0.3, 0.4) is 0 Å².